The molecule has 0 unspecified atom stereocenters. The number of nitrogens with zero attached hydrogens (tertiary/aromatic N) is 3. The Bertz CT molecular complexity index is 528. The molecule has 1 saturated carbocycles. The Hall–Kier alpha value is -1.09. The summed E-state index contributed by atoms with van der Waals surface area (Å²) in [7, 11) is 0. The molecule has 0 atom stereocenters. The predicted molar refractivity (Wildman–Crippen MR) is 64.0 cm³/mol. The molecule has 0 aliphatic heterocycles. The van der Waals surface area contributed by atoms with Crippen LogP contribution < -0.4 is 0 Å². The topological polar surface area (TPSA) is 30.2 Å². The lowest BCUT2D eigenvalue weighted by molar-refractivity contribution is 0.411. The third kappa shape index (κ3) is 1.42. The summed E-state index contributed by atoms with van der Waals surface area (Å²) in [6.45, 7) is 2.11. The van der Waals surface area contributed by atoms with Crippen molar-refractivity contribution in [1.82, 2.24) is 14.6 Å². The molecule has 2 aromatic rings. The molecule has 0 N–H and O–H groups in total. The van der Waals surface area contributed by atoms with Crippen molar-refractivity contribution in [3.8, 4) is 0 Å². The van der Waals surface area contributed by atoms with E-state index >= 15 is 0 Å². The van der Waals surface area contributed by atoms with E-state index in [0.717, 1.165) is 17.8 Å². The van der Waals surface area contributed by atoms with Gasteiger partial charge in [-0.15, -0.1) is 0 Å². The molecule has 4 heteroatoms. The van der Waals surface area contributed by atoms with E-state index in [1.807, 2.05) is 12.3 Å². The summed E-state index contributed by atoms with van der Waals surface area (Å²) in [5, 5.41) is 4.93. The van der Waals surface area contributed by atoms with Gasteiger partial charge in [0.1, 0.15) is 5.15 Å². The standard InChI is InChI=1S/C12H14ClN3/c1-2-8-7-14-16-11(13)6-10(15-12(8)16)9-4-3-5-9/h6-7,9H,2-5H2,1H3. The predicted octanol–water partition coefficient (Wildman–Crippen LogP) is 3.21. The summed E-state index contributed by atoms with van der Waals surface area (Å²) in [6, 6.07) is 1.96. The minimum Gasteiger partial charge on any atom is -0.233 e. The smallest absolute Gasteiger partial charge is 0.160 e. The molecule has 2 heterocycles. The van der Waals surface area contributed by atoms with Gasteiger partial charge in [0.2, 0.25) is 0 Å². The van der Waals surface area contributed by atoms with Crippen molar-refractivity contribution in [2.24, 2.45) is 0 Å². The summed E-state index contributed by atoms with van der Waals surface area (Å²) < 4.78 is 1.72. The molecular formula is C12H14ClN3. The van der Waals surface area contributed by atoms with Crippen molar-refractivity contribution < 1.29 is 0 Å². The van der Waals surface area contributed by atoms with E-state index in [4.69, 9.17) is 16.6 Å². The Morgan fingerprint density at radius 1 is 1.50 bits per heavy atom. The van der Waals surface area contributed by atoms with E-state index in [2.05, 4.69) is 12.0 Å². The molecule has 16 heavy (non-hydrogen) atoms. The molecule has 2 aromatic heterocycles. The quantitative estimate of drug-likeness (QED) is 0.749. The third-order valence-corrected chi connectivity index (χ3v) is 3.69. The van der Waals surface area contributed by atoms with Gasteiger partial charge in [-0.25, -0.2) is 9.50 Å². The van der Waals surface area contributed by atoms with Crippen LogP contribution in [-0.4, -0.2) is 14.6 Å². The van der Waals surface area contributed by atoms with Crippen molar-refractivity contribution in [3.63, 3.8) is 0 Å². The fraction of sp³-hybridized carbons (Fsp3) is 0.500. The van der Waals surface area contributed by atoms with Crippen LogP contribution in [0.1, 0.15) is 43.4 Å². The van der Waals surface area contributed by atoms with Gasteiger partial charge in [-0.3, -0.25) is 0 Å². The lowest BCUT2D eigenvalue weighted by Crippen LogP contribution is -2.11. The maximum atomic E-state index is 6.22. The fourth-order valence-electron chi connectivity index (χ4n) is 2.15. The highest BCUT2D eigenvalue weighted by Gasteiger charge is 2.22. The van der Waals surface area contributed by atoms with Gasteiger partial charge in [-0.05, 0) is 25.3 Å². The number of aromatic nitrogens is 3. The number of rotatable bonds is 2. The molecule has 3 nitrogen and oxygen atoms in total. The molecule has 1 fully saturated rings. The van der Waals surface area contributed by atoms with E-state index in [-0.39, 0.29) is 0 Å². The minimum absolute atomic E-state index is 0.613. The fourth-order valence-corrected chi connectivity index (χ4v) is 2.39. The second-order valence-electron chi connectivity index (χ2n) is 4.39. The summed E-state index contributed by atoms with van der Waals surface area (Å²) in [6.07, 6.45) is 6.61. The molecule has 1 aliphatic carbocycles. The van der Waals surface area contributed by atoms with Crippen LogP contribution in [0.3, 0.4) is 0 Å². The summed E-state index contributed by atoms with van der Waals surface area (Å²) in [4.78, 5) is 4.70. The lowest BCUT2D eigenvalue weighted by Gasteiger charge is -2.24. The summed E-state index contributed by atoms with van der Waals surface area (Å²) >= 11 is 6.22. The zero-order chi connectivity index (χ0) is 11.1. The van der Waals surface area contributed by atoms with Gasteiger partial charge in [0, 0.05) is 17.2 Å². The average Bonchev–Trinajstić information content (AvgIpc) is 2.58. The Morgan fingerprint density at radius 3 is 2.94 bits per heavy atom. The third-order valence-electron chi connectivity index (χ3n) is 3.43. The highest BCUT2D eigenvalue weighted by atomic mass is 35.5. The van der Waals surface area contributed by atoms with Gasteiger partial charge < -0.3 is 0 Å². The van der Waals surface area contributed by atoms with Crippen LogP contribution >= 0.6 is 11.6 Å². The molecule has 0 spiro atoms. The van der Waals surface area contributed by atoms with Crippen molar-refractivity contribution in [1.29, 1.82) is 0 Å². The summed E-state index contributed by atoms with van der Waals surface area (Å²) in [5.41, 5.74) is 3.24. The van der Waals surface area contributed by atoms with E-state index in [1.54, 1.807) is 4.52 Å². The Kier molecular flexibility index (Phi) is 2.36. The van der Waals surface area contributed by atoms with E-state index in [9.17, 15) is 0 Å². The van der Waals surface area contributed by atoms with Crippen LogP contribution in [0.25, 0.3) is 5.65 Å². The molecule has 0 aromatic carbocycles. The number of aryl methyl sites for hydroxylation is 1. The monoisotopic (exact) mass is 235 g/mol. The molecule has 0 radical (unpaired) electrons. The van der Waals surface area contributed by atoms with Crippen molar-refractivity contribution >= 4 is 17.2 Å². The highest BCUT2D eigenvalue weighted by molar-refractivity contribution is 6.29. The number of fused-ring (bicyclic) bond motifs is 1. The van der Waals surface area contributed by atoms with Crippen LogP contribution in [0.2, 0.25) is 5.15 Å². The number of hydrogen-bond acceptors (Lipinski definition) is 2. The Morgan fingerprint density at radius 2 is 2.31 bits per heavy atom. The maximum Gasteiger partial charge on any atom is 0.160 e. The first-order valence-electron chi connectivity index (χ1n) is 5.82. The molecule has 0 bridgehead atoms. The average molecular weight is 236 g/mol. The second-order valence-corrected chi connectivity index (χ2v) is 4.78. The van der Waals surface area contributed by atoms with Crippen LogP contribution in [0.4, 0.5) is 0 Å². The molecule has 0 amide bonds. The number of hydrogen-bond donors (Lipinski definition) is 0. The van der Waals surface area contributed by atoms with Gasteiger partial charge in [0.05, 0.1) is 6.20 Å². The molecule has 1 aliphatic rings. The molecule has 0 saturated heterocycles. The van der Waals surface area contributed by atoms with Crippen molar-refractivity contribution in [2.75, 3.05) is 0 Å². The molecule has 3 rings (SSSR count). The van der Waals surface area contributed by atoms with Crippen LogP contribution in [0.5, 0.6) is 0 Å². The Labute approximate surface area is 99.4 Å². The maximum absolute atomic E-state index is 6.22. The zero-order valence-corrected chi connectivity index (χ0v) is 10.0. The SMILES string of the molecule is CCc1cnn2c(Cl)cc(C3CCC3)nc12. The van der Waals surface area contributed by atoms with Gasteiger partial charge in [-0.1, -0.05) is 24.9 Å². The van der Waals surface area contributed by atoms with E-state index in [0.29, 0.717) is 11.1 Å². The molecular weight excluding hydrogens is 222 g/mol. The van der Waals surface area contributed by atoms with Crippen molar-refractivity contribution in [3.05, 3.63) is 28.7 Å². The van der Waals surface area contributed by atoms with Gasteiger partial charge in [0.25, 0.3) is 0 Å². The summed E-state index contributed by atoms with van der Waals surface area (Å²) in [5.74, 6) is 0.613. The largest absolute Gasteiger partial charge is 0.233 e. The first kappa shape index (κ1) is 10.1. The normalized spacial score (nSPS) is 16.6. The highest BCUT2D eigenvalue weighted by Crippen LogP contribution is 2.36. The second kappa shape index (κ2) is 3.74. The van der Waals surface area contributed by atoms with Crippen LogP contribution in [0, 0.1) is 0 Å². The van der Waals surface area contributed by atoms with Gasteiger partial charge in [-0.2, -0.15) is 5.10 Å². The first-order valence-corrected chi connectivity index (χ1v) is 6.20. The van der Waals surface area contributed by atoms with Crippen LogP contribution in [-0.2, 0) is 6.42 Å². The van der Waals surface area contributed by atoms with Gasteiger partial charge >= 0.3 is 0 Å². The first-order chi connectivity index (χ1) is 7.79. The van der Waals surface area contributed by atoms with E-state index in [1.165, 1.54) is 24.8 Å². The van der Waals surface area contributed by atoms with E-state index < -0.39 is 0 Å². The zero-order valence-electron chi connectivity index (χ0n) is 9.28. The number of halogens is 1. The van der Waals surface area contributed by atoms with Crippen LogP contribution in [0.15, 0.2) is 12.3 Å². The lowest BCUT2D eigenvalue weighted by atomic mass is 9.83. The minimum atomic E-state index is 0.613. The molecule has 84 valence electrons. The van der Waals surface area contributed by atoms with Gasteiger partial charge in [0.15, 0.2) is 5.65 Å². The Balaban J connectivity index is 2.17. The van der Waals surface area contributed by atoms with Crippen molar-refractivity contribution in [2.45, 2.75) is 38.5 Å².